The van der Waals surface area contributed by atoms with Gasteiger partial charge in [-0.2, -0.15) is 4.37 Å². The van der Waals surface area contributed by atoms with Gasteiger partial charge in [0, 0.05) is 43.1 Å². The Labute approximate surface area is 118 Å². The van der Waals surface area contributed by atoms with E-state index in [1.165, 1.54) is 11.5 Å². The van der Waals surface area contributed by atoms with Crippen molar-refractivity contribution in [3.05, 3.63) is 5.82 Å². The third-order valence-corrected chi connectivity index (χ3v) is 4.69. The highest BCUT2D eigenvalue weighted by Gasteiger charge is 2.32. The first-order valence-corrected chi connectivity index (χ1v) is 7.56. The topological polar surface area (TPSA) is 49.3 Å². The van der Waals surface area contributed by atoms with Gasteiger partial charge in [0.15, 0.2) is 0 Å². The lowest BCUT2D eigenvalue weighted by Gasteiger charge is -2.38. The lowest BCUT2D eigenvalue weighted by atomic mass is 9.88. The molecule has 19 heavy (non-hydrogen) atoms. The summed E-state index contributed by atoms with van der Waals surface area (Å²) in [5.41, 5.74) is -0.249. The number of nitrogens with zero attached hydrogens (tertiary/aromatic N) is 4. The zero-order valence-electron chi connectivity index (χ0n) is 12.1. The van der Waals surface area contributed by atoms with Crippen molar-refractivity contribution in [3.63, 3.8) is 0 Å². The number of piperazine rings is 1. The molecule has 0 atom stereocenters. The molecule has 0 radical (unpaired) electrons. The van der Waals surface area contributed by atoms with E-state index in [2.05, 4.69) is 21.2 Å². The SMILES string of the molecule is CCC(C)(C)C(=O)N1CCN(c2nc(C)ns2)CC1. The van der Waals surface area contributed by atoms with Gasteiger partial charge in [-0.05, 0) is 13.3 Å². The molecule has 1 fully saturated rings. The summed E-state index contributed by atoms with van der Waals surface area (Å²) in [6.45, 7) is 11.3. The fourth-order valence-electron chi connectivity index (χ4n) is 2.09. The molecule has 106 valence electrons. The van der Waals surface area contributed by atoms with Crippen LogP contribution in [0, 0.1) is 12.3 Å². The van der Waals surface area contributed by atoms with Gasteiger partial charge in [-0.25, -0.2) is 4.98 Å². The van der Waals surface area contributed by atoms with E-state index in [1.54, 1.807) is 0 Å². The molecular weight excluding hydrogens is 260 g/mol. The van der Waals surface area contributed by atoms with Crippen LogP contribution in [0.2, 0.25) is 0 Å². The van der Waals surface area contributed by atoms with Gasteiger partial charge in [0.05, 0.1) is 0 Å². The van der Waals surface area contributed by atoms with E-state index in [0.29, 0.717) is 0 Å². The zero-order chi connectivity index (χ0) is 14.0. The summed E-state index contributed by atoms with van der Waals surface area (Å²) < 4.78 is 4.21. The number of carbonyl (C=O) groups excluding carboxylic acids is 1. The summed E-state index contributed by atoms with van der Waals surface area (Å²) in [6.07, 6.45) is 0.877. The first-order chi connectivity index (χ1) is 8.94. The lowest BCUT2D eigenvalue weighted by Crippen LogP contribution is -2.52. The average Bonchev–Trinajstić information content (AvgIpc) is 2.85. The Morgan fingerprint density at radius 3 is 2.42 bits per heavy atom. The van der Waals surface area contributed by atoms with Gasteiger partial charge in [0.25, 0.3) is 0 Å². The van der Waals surface area contributed by atoms with Crippen molar-refractivity contribution in [1.29, 1.82) is 0 Å². The van der Waals surface area contributed by atoms with E-state index < -0.39 is 0 Å². The molecule has 1 aromatic rings. The number of rotatable bonds is 3. The van der Waals surface area contributed by atoms with Crippen LogP contribution in [0.25, 0.3) is 0 Å². The Hall–Kier alpha value is -1.17. The van der Waals surface area contributed by atoms with Crippen LogP contribution >= 0.6 is 11.5 Å². The maximum absolute atomic E-state index is 12.4. The van der Waals surface area contributed by atoms with Gasteiger partial charge < -0.3 is 9.80 Å². The standard InChI is InChI=1S/C13H22N4OS/c1-5-13(3,4)11(18)16-6-8-17(9-7-16)12-14-10(2)15-19-12/h5-9H2,1-4H3. The van der Waals surface area contributed by atoms with Crippen molar-refractivity contribution in [2.75, 3.05) is 31.1 Å². The minimum atomic E-state index is -0.249. The lowest BCUT2D eigenvalue weighted by molar-refractivity contribution is -0.140. The van der Waals surface area contributed by atoms with Crippen LogP contribution in [-0.4, -0.2) is 46.3 Å². The molecule has 0 unspecified atom stereocenters. The van der Waals surface area contributed by atoms with E-state index in [0.717, 1.165) is 43.6 Å². The molecule has 0 aliphatic carbocycles. The quantitative estimate of drug-likeness (QED) is 0.850. The van der Waals surface area contributed by atoms with E-state index in [9.17, 15) is 4.79 Å². The first-order valence-electron chi connectivity index (χ1n) is 6.78. The number of aromatic nitrogens is 2. The predicted octanol–water partition coefficient (Wildman–Crippen LogP) is 1.93. The van der Waals surface area contributed by atoms with Gasteiger partial charge in [0.1, 0.15) is 5.82 Å². The van der Waals surface area contributed by atoms with E-state index in [-0.39, 0.29) is 11.3 Å². The third-order valence-electron chi connectivity index (χ3n) is 3.82. The number of hydrogen-bond acceptors (Lipinski definition) is 5. The fourth-order valence-corrected chi connectivity index (χ4v) is 2.82. The molecule has 1 aliphatic heterocycles. The molecule has 1 aliphatic rings. The average molecular weight is 282 g/mol. The van der Waals surface area contributed by atoms with Crippen LogP contribution in [0.1, 0.15) is 33.0 Å². The molecular formula is C13H22N4OS. The highest BCUT2D eigenvalue weighted by Crippen LogP contribution is 2.25. The summed E-state index contributed by atoms with van der Waals surface area (Å²) in [4.78, 5) is 21.0. The Kier molecular flexibility index (Phi) is 4.08. The second-order valence-electron chi connectivity index (χ2n) is 5.64. The van der Waals surface area contributed by atoms with Gasteiger partial charge in [-0.1, -0.05) is 20.8 Å². The number of carbonyl (C=O) groups is 1. The normalized spacial score (nSPS) is 16.8. The van der Waals surface area contributed by atoms with Crippen molar-refractivity contribution in [3.8, 4) is 0 Å². The van der Waals surface area contributed by atoms with E-state index in [4.69, 9.17) is 0 Å². The molecule has 1 amide bonds. The van der Waals surface area contributed by atoms with Crippen LogP contribution in [0.4, 0.5) is 5.13 Å². The smallest absolute Gasteiger partial charge is 0.228 e. The Bertz CT molecular complexity index is 449. The first kappa shape index (κ1) is 14.2. The monoisotopic (exact) mass is 282 g/mol. The predicted molar refractivity (Wildman–Crippen MR) is 77.5 cm³/mol. The molecule has 0 aromatic carbocycles. The van der Waals surface area contributed by atoms with E-state index in [1.807, 2.05) is 25.7 Å². The fraction of sp³-hybridized carbons (Fsp3) is 0.769. The van der Waals surface area contributed by atoms with Gasteiger partial charge in [-0.15, -0.1) is 0 Å². The van der Waals surface area contributed by atoms with Crippen molar-refractivity contribution in [1.82, 2.24) is 14.3 Å². The number of hydrogen-bond donors (Lipinski definition) is 0. The molecule has 1 aromatic heterocycles. The zero-order valence-corrected chi connectivity index (χ0v) is 13.0. The van der Waals surface area contributed by atoms with Gasteiger partial charge >= 0.3 is 0 Å². The molecule has 0 N–H and O–H groups in total. The third kappa shape index (κ3) is 3.05. The summed E-state index contributed by atoms with van der Waals surface area (Å²) in [5.74, 6) is 1.09. The summed E-state index contributed by atoms with van der Waals surface area (Å²) in [6, 6.07) is 0. The maximum atomic E-state index is 12.4. The second-order valence-corrected chi connectivity index (χ2v) is 6.37. The molecule has 2 heterocycles. The molecule has 1 saturated heterocycles. The summed E-state index contributed by atoms with van der Waals surface area (Å²) in [5, 5.41) is 0.972. The van der Waals surface area contributed by atoms with Gasteiger partial charge in [-0.3, -0.25) is 4.79 Å². The number of anilines is 1. The maximum Gasteiger partial charge on any atom is 0.228 e. The number of aryl methyl sites for hydroxylation is 1. The molecule has 5 nitrogen and oxygen atoms in total. The largest absolute Gasteiger partial charge is 0.343 e. The van der Waals surface area contributed by atoms with Crippen LogP contribution < -0.4 is 4.90 Å². The Morgan fingerprint density at radius 1 is 1.32 bits per heavy atom. The number of amides is 1. The Balaban J connectivity index is 1.94. The van der Waals surface area contributed by atoms with Gasteiger partial charge in [0.2, 0.25) is 11.0 Å². The van der Waals surface area contributed by atoms with Crippen LogP contribution in [0.5, 0.6) is 0 Å². The van der Waals surface area contributed by atoms with Crippen molar-refractivity contribution in [2.45, 2.75) is 34.1 Å². The van der Waals surface area contributed by atoms with E-state index >= 15 is 0 Å². The van der Waals surface area contributed by atoms with Crippen LogP contribution in [0.15, 0.2) is 0 Å². The molecule has 6 heteroatoms. The van der Waals surface area contributed by atoms with Crippen molar-refractivity contribution >= 4 is 22.6 Å². The van der Waals surface area contributed by atoms with Crippen LogP contribution in [-0.2, 0) is 4.79 Å². The summed E-state index contributed by atoms with van der Waals surface area (Å²) >= 11 is 1.44. The molecule has 2 rings (SSSR count). The van der Waals surface area contributed by atoms with Crippen molar-refractivity contribution in [2.24, 2.45) is 5.41 Å². The molecule has 0 spiro atoms. The minimum Gasteiger partial charge on any atom is -0.343 e. The minimum absolute atomic E-state index is 0.249. The molecule has 0 saturated carbocycles. The summed E-state index contributed by atoms with van der Waals surface area (Å²) in [7, 11) is 0. The highest BCUT2D eigenvalue weighted by molar-refractivity contribution is 7.09. The molecule has 0 bridgehead atoms. The Morgan fingerprint density at radius 2 is 1.95 bits per heavy atom. The second kappa shape index (κ2) is 5.45. The van der Waals surface area contributed by atoms with Crippen LogP contribution in [0.3, 0.4) is 0 Å². The van der Waals surface area contributed by atoms with Crippen molar-refractivity contribution < 1.29 is 4.79 Å². The highest BCUT2D eigenvalue weighted by atomic mass is 32.1.